The highest BCUT2D eigenvalue weighted by Crippen LogP contribution is 2.20. The molecule has 0 amide bonds. The number of piperazine rings is 1. The zero-order valence-electron chi connectivity index (χ0n) is 11.0. The monoisotopic (exact) mass is 255 g/mol. The predicted molar refractivity (Wildman–Crippen MR) is 75.1 cm³/mol. The Morgan fingerprint density at radius 1 is 1.16 bits per heavy atom. The van der Waals surface area contributed by atoms with Crippen molar-refractivity contribution in [1.82, 2.24) is 20.5 Å². The SMILES string of the molecule is Cc1ccccc1-c1nncc(N2CCNCC2)n1. The van der Waals surface area contributed by atoms with Gasteiger partial charge in [-0.3, -0.25) is 0 Å². The van der Waals surface area contributed by atoms with Crippen molar-refractivity contribution >= 4 is 5.82 Å². The average Bonchev–Trinajstić information content (AvgIpc) is 2.49. The lowest BCUT2D eigenvalue weighted by molar-refractivity contribution is 0.583. The number of aryl methyl sites for hydroxylation is 1. The molecule has 0 unspecified atom stereocenters. The van der Waals surface area contributed by atoms with Crippen LogP contribution in [-0.2, 0) is 0 Å². The van der Waals surface area contributed by atoms with Crippen LogP contribution in [0.1, 0.15) is 5.56 Å². The van der Waals surface area contributed by atoms with E-state index in [0.717, 1.165) is 37.6 Å². The summed E-state index contributed by atoms with van der Waals surface area (Å²) in [5, 5.41) is 11.6. The number of rotatable bonds is 2. The van der Waals surface area contributed by atoms with E-state index < -0.39 is 0 Å². The molecule has 1 fully saturated rings. The summed E-state index contributed by atoms with van der Waals surface area (Å²) in [5.41, 5.74) is 2.22. The molecule has 19 heavy (non-hydrogen) atoms. The fourth-order valence-corrected chi connectivity index (χ4v) is 2.28. The molecule has 0 radical (unpaired) electrons. The molecule has 98 valence electrons. The average molecular weight is 255 g/mol. The molecular formula is C14H17N5. The largest absolute Gasteiger partial charge is 0.353 e. The molecule has 1 aromatic heterocycles. The fourth-order valence-electron chi connectivity index (χ4n) is 2.28. The van der Waals surface area contributed by atoms with Crippen molar-refractivity contribution in [1.29, 1.82) is 0 Å². The lowest BCUT2D eigenvalue weighted by atomic mass is 10.1. The van der Waals surface area contributed by atoms with E-state index in [1.807, 2.05) is 18.2 Å². The second-order valence-electron chi connectivity index (χ2n) is 4.69. The quantitative estimate of drug-likeness (QED) is 0.875. The molecule has 0 spiro atoms. The van der Waals surface area contributed by atoms with Crippen LogP contribution in [0.2, 0.25) is 0 Å². The van der Waals surface area contributed by atoms with Crippen LogP contribution in [0.5, 0.6) is 0 Å². The molecule has 1 saturated heterocycles. The van der Waals surface area contributed by atoms with Crippen molar-refractivity contribution in [3.63, 3.8) is 0 Å². The number of aromatic nitrogens is 3. The topological polar surface area (TPSA) is 53.9 Å². The molecule has 1 aliphatic heterocycles. The van der Waals surface area contributed by atoms with E-state index in [2.05, 4.69) is 38.4 Å². The summed E-state index contributed by atoms with van der Waals surface area (Å²) in [6.45, 7) is 5.97. The molecule has 1 N–H and O–H groups in total. The standard InChI is InChI=1S/C14H17N5/c1-11-4-2-3-5-12(11)14-17-13(10-16-18-14)19-8-6-15-7-9-19/h2-5,10,15H,6-9H2,1H3. The van der Waals surface area contributed by atoms with Gasteiger partial charge < -0.3 is 10.2 Å². The number of nitrogens with zero attached hydrogens (tertiary/aromatic N) is 4. The van der Waals surface area contributed by atoms with E-state index in [1.54, 1.807) is 6.20 Å². The Kier molecular flexibility index (Phi) is 3.37. The summed E-state index contributed by atoms with van der Waals surface area (Å²) in [7, 11) is 0. The highest BCUT2D eigenvalue weighted by Gasteiger charge is 2.14. The third-order valence-corrected chi connectivity index (χ3v) is 3.37. The number of benzene rings is 1. The van der Waals surface area contributed by atoms with Crippen molar-refractivity contribution < 1.29 is 0 Å². The van der Waals surface area contributed by atoms with Gasteiger partial charge in [0.25, 0.3) is 0 Å². The maximum absolute atomic E-state index is 4.65. The first kappa shape index (κ1) is 12.0. The normalized spacial score (nSPS) is 15.5. The molecule has 1 aromatic carbocycles. The zero-order chi connectivity index (χ0) is 13.1. The lowest BCUT2D eigenvalue weighted by Gasteiger charge is -2.28. The molecule has 5 heteroatoms. The maximum atomic E-state index is 4.65. The number of anilines is 1. The van der Waals surface area contributed by atoms with E-state index in [9.17, 15) is 0 Å². The van der Waals surface area contributed by atoms with Crippen molar-refractivity contribution in [3.05, 3.63) is 36.0 Å². The van der Waals surface area contributed by atoms with Gasteiger partial charge in [0.2, 0.25) is 0 Å². The summed E-state index contributed by atoms with van der Waals surface area (Å²) in [4.78, 5) is 6.90. The molecule has 0 aliphatic carbocycles. The van der Waals surface area contributed by atoms with Gasteiger partial charge >= 0.3 is 0 Å². The smallest absolute Gasteiger partial charge is 0.184 e. The van der Waals surface area contributed by atoms with Crippen molar-refractivity contribution in [3.8, 4) is 11.4 Å². The maximum Gasteiger partial charge on any atom is 0.184 e. The highest BCUT2D eigenvalue weighted by molar-refractivity contribution is 5.60. The first-order valence-electron chi connectivity index (χ1n) is 6.56. The van der Waals surface area contributed by atoms with Crippen LogP contribution in [0.15, 0.2) is 30.5 Å². The minimum Gasteiger partial charge on any atom is -0.353 e. The molecule has 5 nitrogen and oxygen atoms in total. The summed E-state index contributed by atoms with van der Waals surface area (Å²) in [6.07, 6.45) is 1.74. The van der Waals surface area contributed by atoms with Crippen LogP contribution in [0.4, 0.5) is 5.82 Å². The van der Waals surface area contributed by atoms with Crippen LogP contribution in [-0.4, -0.2) is 41.4 Å². The van der Waals surface area contributed by atoms with Crippen LogP contribution in [0.25, 0.3) is 11.4 Å². The van der Waals surface area contributed by atoms with Gasteiger partial charge in [0.15, 0.2) is 11.6 Å². The van der Waals surface area contributed by atoms with Gasteiger partial charge in [0.05, 0.1) is 6.20 Å². The second kappa shape index (κ2) is 5.32. The summed E-state index contributed by atoms with van der Waals surface area (Å²) in [6, 6.07) is 8.12. The molecule has 0 saturated carbocycles. The van der Waals surface area contributed by atoms with Gasteiger partial charge in [-0.05, 0) is 12.5 Å². The van der Waals surface area contributed by atoms with Gasteiger partial charge in [-0.1, -0.05) is 24.3 Å². The van der Waals surface area contributed by atoms with Gasteiger partial charge in [-0.2, -0.15) is 5.10 Å². The Bertz CT molecular complexity index is 563. The summed E-state index contributed by atoms with van der Waals surface area (Å²) < 4.78 is 0. The van der Waals surface area contributed by atoms with Crippen molar-refractivity contribution in [2.75, 3.05) is 31.1 Å². The van der Waals surface area contributed by atoms with Crippen LogP contribution < -0.4 is 10.2 Å². The molecule has 2 aromatic rings. The van der Waals surface area contributed by atoms with Gasteiger partial charge in [-0.15, -0.1) is 5.10 Å². The minimum absolute atomic E-state index is 0.703. The molecule has 0 atom stereocenters. The van der Waals surface area contributed by atoms with E-state index >= 15 is 0 Å². The second-order valence-corrected chi connectivity index (χ2v) is 4.69. The first-order valence-corrected chi connectivity index (χ1v) is 6.56. The van der Waals surface area contributed by atoms with E-state index in [-0.39, 0.29) is 0 Å². The molecular weight excluding hydrogens is 238 g/mol. The number of hydrogen-bond donors (Lipinski definition) is 1. The molecule has 2 heterocycles. The summed E-state index contributed by atoms with van der Waals surface area (Å²) in [5.74, 6) is 1.61. The predicted octanol–water partition coefficient (Wildman–Crippen LogP) is 1.26. The fraction of sp³-hybridized carbons (Fsp3) is 0.357. The molecule has 3 rings (SSSR count). The Labute approximate surface area is 112 Å². The van der Waals surface area contributed by atoms with E-state index in [1.165, 1.54) is 5.56 Å². The molecule has 1 aliphatic rings. The van der Waals surface area contributed by atoms with Gasteiger partial charge in [0.1, 0.15) is 0 Å². The highest BCUT2D eigenvalue weighted by atomic mass is 15.3. The third-order valence-electron chi connectivity index (χ3n) is 3.37. The molecule has 0 bridgehead atoms. The van der Waals surface area contributed by atoms with Crippen molar-refractivity contribution in [2.24, 2.45) is 0 Å². The zero-order valence-corrected chi connectivity index (χ0v) is 11.0. The Balaban J connectivity index is 1.93. The van der Waals surface area contributed by atoms with Gasteiger partial charge in [0, 0.05) is 31.7 Å². The van der Waals surface area contributed by atoms with Gasteiger partial charge in [-0.25, -0.2) is 4.98 Å². The third kappa shape index (κ3) is 2.56. The minimum atomic E-state index is 0.703. The Hall–Kier alpha value is -2.01. The Morgan fingerprint density at radius 2 is 1.95 bits per heavy atom. The van der Waals surface area contributed by atoms with Crippen LogP contribution >= 0.6 is 0 Å². The number of hydrogen-bond acceptors (Lipinski definition) is 5. The Morgan fingerprint density at radius 3 is 2.74 bits per heavy atom. The number of nitrogens with one attached hydrogen (secondary N) is 1. The van der Waals surface area contributed by atoms with E-state index in [4.69, 9.17) is 0 Å². The lowest BCUT2D eigenvalue weighted by Crippen LogP contribution is -2.44. The van der Waals surface area contributed by atoms with Crippen molar-refractivity contribution in [2.45, 2.75) is 6.92 Å². The van der Waals surface area contributed by atoms with Crippen LogP contribution in [0, 0.1) is 6.92 Å². The van der Waals surface area contributed by atoms with Crippen LogP contribution in [0.3, 0.4) is 0 Å². The summed E-state index contributed by atoms with van der Waals surface area (Å²) >= 11 is 0. The van der Waals surface area contributed by atoms with E-state index in [0.29, 0.717) is 5.82 Å². The first-order chi connectivity index (χ1) is 9.34.